The number of hydrogen-bond donors (Lipinski definition) is 3. The van der Waals surface area contributed by atoms with Gasteiger partial charge in [0.05, 0.1) is 12.7 Å². The van der Waals surface area contributed by atoms with Gasteiger partial charge in [-0.05, 0) is 73.3 Å². The predicted octanol–water partition coefficient (Wildman–Crippen LogP) is 6.72. The monoisotopic (exact) mass is 660 g/mol. The van der Waals surface area contributed by atoms with Gasteiger partial charge in [0, 0.05) is 61.2 Å². The molecular weight excluding hydrogens is 612 g/mol. The number of rotatable bonds is 10. The third-order valence-corrected chi connectivity index (χ3v) is 10.7. The van der Waals surface area contributed by atoms with E-state index in [0.717, 1.165) is 48.8 Å². The van der Waals surface area contributed by atoms with Crippen LogP contribution in [-0.4, -0.2) is 73.4 Å². The van der Waals surface area contributed by atoms with Gasteiger partial charge in [0.2, 0.25) is 0 Å². The van der Waals surface area contributed by atoms with Crippen LogP contribution in [0.15, 0.2) is 72.8 Å². The van der Waals surface area contributed by atoms with E-state index in [2.05, 4.69) is 48.6 Å². The zero-order valence-electron chi connectivity index (χ0n) is 27.7. The molecule has 2 atom stereocenters. The molecule has 47 heavy (non-hydrogen) atoms. The van der Waals surface area contributed by atoms with Crippen LogP contribution in [-0.2, 0) is 22.2 Å². The molecule has 0 aliphatic carbocycles. The number of nitrogens with one attached hydrogen (secondary N) is 1. The van der Waals surface area contributed by atoms with Gasteiger partial charge in [-0.15, -0.1) is 0 Å². The van der Waals surface area contributed by atoms with Crippen molar-refractivity contribution in [3.8, 4) is 11.1 Å². The van der Waals surface area contributed by atoms with Gasteiger partial charge in [0.25, 0.3) is 0 Å². The standard InChI is InChI=1S/C38H49ClN4O4/c1-3-28-11-7-12-29(25-28)34-32(16-8-17-33(34)39)38(46,18-10-21-41-35(44)47-2)31-15-9-22-43(26-31)36(45)42-23-19-37(27-40,20-24-42)30-13-5-4-6-14-30/h4-8,11-14,16-17,25,31,46H,3,9-10,15,18-24,26-27,40H2,1-2H3,(H,41,44)/t31-,38?/m1/s1. The summed E-state index contributed by atoms with van der Waals surface area (Å²) >= 11 is 6.92. The molecule has 2 saturated heterocycles. The van der Waals surface area contributed by atoms with Gasteiger partial charge in [-0.25, -0.2) is 9.59 Å². The Balaban J connectivity index is 1.40. The minimum absolute atomic E-state index is 0.0186. The van der Waals surface area contributed by atoms with E-state index in [9.17, 15) is 14.7 Å². The Kier molecular flexibility index (Phi) is 11.5. The number of amides is 3. The van der Waals surface area contributed by atoms with Crippen LogP contribution in [0, 0.1) is 5.92 Å². The van der Waals surface area contributed by atoms with Crippen LogP contribution >= 0.6 is 11.6 Å². The number of piperidine rings is 2. The Morgan fingerprint density at radius 3 is 2.49 bits per heavy atom. The first-order valence-electron chi connectivity index (χ1n) is 17.0. The second-order valence-corrected chi connectivity index (χ2v) is 13.5. The summed E-state index contributed by atoms with van der Waals surface area (Å²) in [5.41, 5.74) is 9.84. The number of carbonyl (C=O) groups is 2. The Labute approximate surface area is 284 Å². The first-order chi connectivity index (χ1) is 22.7. The number of methoxy groups -OCH3 is 1. The Morgan fingerprint density at radius 2 is 1.79 bits per heavy atom. The lowest BCUT2D eigenvalue weighted by molar-refractivity contribution is -0.0565. The molecule has 0 bridgehead atoms. The number of aryl methyl sites for hydroxylation is 1. The Hall–Kier alpha value is -3.59. The van der Waals surface area contributed by atoms with Crippen LogP contribution in [0.2, 0.25) is 5.02 Å². The van der Waals surface area contributed by atoms with Gasteiger partial charge in [0.15, 0.2) is 0 Å². The quantitative estimate of drug-likeness (QED) is 0.209. The highest BCUT2D eigenvalue weighted by molar-refractivity contribution is 6.33. The first-order valence-corrected chi connectivity index (χ1v) is 17.3. The maximum absolute atomic E-state index is 14.0. The molecular formula is C38H49ClN4O4. The van der Waals surface area contributed by atoms with Crippen molar-refractivity contribution in [2.24, 2.45) is 11.7 Å². The van der Waals surface area contributed by atoms with Crippen molar-refractivity contribution in [2.75, 3.05) is 46.4 Å². The minimum Gasteiger partial charge on any atom is -0.453 e. The number of aliphatic hydroxyl groups is 1. The number of likely N-dealkylation sites (tertiary alicyclic amines) is 2. The summed E-state index contributed by atoms with van der Waals surface area (Å²) in [5.74, 6) is -0.234. The highest BCUT2D eigenvalue weighted by Gasteiger charge is 2.44. The first kappa shape index (κ1) is 34.7. The summed E-state index contributed by atoms with van der Waals surface area (Å²) in [6, 6.07) is 24.4. The van der Waals surface area contributed by atoms with E-state index in [0.29, 0.717) is 57.1 Å². The Bertz CT molecular complexity index is 1510. The Morgan fingerprint density at radius 1 is 1.04 bits per heavy atom. The van der Waals surface area contributed by atoms with Crippen molar-refractivity contribution >= 4 is 23.7 Å². The van der Waals surface area contributed by atoms with E-state index in [1.54, 1.807) is 0 Å². The molecule has 3 amide bonds. The highest BCUT2D eigenvalue weighted by atomic mass is 35.5. The normalized spacial score (nSPS) is 19.1. The van der Waals surface area contributed by atoms with Crippen LogP contribution in [0.5, 0.6) is 0 Å². The van der Waals surface area contributed by atoms with Crippen LogP contribution < -0.4 is 11.1 Å². The second-order valence-electron chi connectivity index (χ2n) is 13.1. The van der Waals surface area contributed by atoms with Gasteiger partial charge in [0.1, 0.15) is 0 Å². The molecule has 0 aromatic heterocycles. The number of urea groups is 1. The number of ether oxygens (including phenoxy) is 1. The lowest BCUT2D eigenvalue weighted by Gasteiger charge is -2.46. The second kappa shape index (κ2) is 15.5. The summed E-state index contributed by atoms with van der Waals surface area (Å²) in [7, 11) is 1.34. The van der Waals surface area contributed by atoms with Gasteiger partial charge in [-0.2, -0.15) is 0 Å². The van der Waals surface area contributed by atoms with Gasteiger partial charge in [-0.3, -0.25) is 0 Å². The molecule has 0 saturated carbocycles. The molecule has 9 heteroatoms. The van der Waals surface area contributed by atoms with E-state index in [4.69, 9.17) is 22.1 Å². The summed E-state index contributed by atoms with van der Waals surface area (Å²) in [6.45, 7) is 5.37. The smallest absolute Gasteiger partial charge is 0.406 e. The predicted molar refractivity (Wildman–Crippen MR) is 187 cm³/mol. The maximum atomic E-state index is 14.0. The van der Waals surface area contributed by atoms with Crippen molar-refractivity contribution in [1.82, 2.24) is 15.1 Å². The van der Waals surface area contributed by atoms with Crippen molar-refractivity contribution in [2.45, 2.75) is 62.9 Å². The average molecular weight is 661 g/mol. The van der Waals surface area contributed by atoms with E-state index < -0.39 is 11.7 Å². The fourth-order valence-corrected chi connectivity index (χ4v) is 7.86. The molecule has 8 nitrogen and oxygen atoms in total. The molecule has 3 aromatic carbocycles. The van der Waals surface area contributed by atoms with Crippen molar-refractivity contribution in [3.63, 3.8) is 0 Å². The minimum atomic E-state index is -1.30. The van der Waals surface area contributed by atoms with E-state index in [-0.39, 0.29) is 17.4 Å². The molecule has 252 valence electrons. The third kappa shape index (κ3) is 7.61. The number of hydrogen-bond acceptors (Lipinski definition) is 5. The molecule has 2 heterocycles. The SMILES string of the molecule is CCc1cccc(-c2c(Cl)cccc2C(O)(CCCNC(=O)OC)[C@@H]2CCCN(C(=O)N3CCC(CN)(c4ccccc4)CC3)C2)c1. The van der Waals surface area contributed by atoms with E-state index in [1.807, 2.05) is 46.2 Å². The lowest BCUT2D eigenvalue weighted by Crippen LogP contribution is -2.55. The number of halogens is 1. The molecule has 0 spiro atoms. The molecule has 2 fully saturated rings. The third-order valence-electron chi connectivity index (χ3n) is 10.4. The van der Waals surface area contributed by atoms with Gasteiger partial charge >= 0.3 is 12.1 Å². The van der Waals surface area contributed by atoms with E-state index in [1.165, 1.54) is 18.2 Å². The fraction of sp³-hybridized carbons (Fsp3) is 0.474. The number of nitrogens with two attached hydrogens (primary N) is 1. The number of carbonyl (C=O) groups excluding carboxylic acids is 2. The fourth-order valence-electron chi connectivity index (χ4n) is 7.57. The van der Waals surface area contributed by atoms with E-state index >= 15 is 0 Å². The van der Waals surface area contributed by atoms with Crippen molar-refractivity contribution in [3.05, 3.63) is 94.5 Å². The zero-order valence-corrected chi connectivity index (χ0v) is 28.5. The van der Waals surface area contributed by atoms with Crippen LogP contribution in [0.1, 0.15) is 62.1 Å². The summed E-state index contributed by atoms with van der Waals surface area (Å²) in [6.07, 6.45) is 4.45. The summed E-state index contributed by atoms with van der Waals surface area (Å²) in [5, 5.41) is 16.2. The van der Waals surface area contributed by atoms with Crippen molar-refractivity contribution < 1.29 is 19.4 Å². The van der Waals surface area contributed by atoms with Crippen LogP contribution in [0.3, 0.4) is 0 Å². The summed E-state index contributed by atoms with van der Waals surface area (Å²) in [4.78, 5) is 29.7. The number of benzene rings is 3. The average Bonchev–Trinajstić information content (AvgIpc) is 3.13. The molecule has 5 rings (SSSR count). The van der Waals surface area contributed by atoms with Crippen LogP contribution in [0.4, 0.5) is 9.59 Å². The van der Waals surface area contributed by atoms with Crippen molar-refractivity contribution in [1.29, 1.82) is 0 Å². The molecule has 2 aliphatic heterocycles. The number of alkyl carbamates (subject to hydrolysis) is 1. The van der Waals surface area contributed by atoms with Gasteiger partial charge < -0.3 is 30.7 Å². The lowest BCUT2D eigenvalue weighted by atomic mass is 9.72. The molecule has 3 aromatic rings. The van der Waals surface area contributed by atoms with Gasteiger partial charge in [-0.1, -0.05) is 85.3 Å². The molecule has 1 unspecified atom stereocenters. The maximum Gasteiger partial charge on any atom is 0.406 e. The highest BCUT2D eigenvalue weighted by Crippen LogP contribution is 2.46. The topological polar surface area (TPSA) is 108 Å². The number of nitrogens with zero attached hydrogens (tertiary/aromatic N) is 2. The molecule has 4 N–H and O–H groups in total. The zero-order chi connectivity index (χ0) is 33.4. The largest absolute Gasteiger partial charge is 0.453 e. The molecule has 0 radical (unpaired) electrons. The van der Waals surface area contributed by atoms with Crippen LogP contribution in [0.25, 0.3) is 11.1 Å². The summed E-state index contributed by atoms with van der Waals surface area (Å²) < 4.78 is 4.76. The molecule has 2 aliphatic rings.